The molecule has 1 saturated heterocycles. The Balaban J connectivity index is 0.000000641. The van der Waals surface area contributed by atoms with Gasteiger partial charge in [0, 0.05) is 31.7 Å². The zero-order chi connectivity index (χ0) is 25.8. The summed E-state index contributed by atoms with van der Waals surface area (Å²) in [6.45, 7) is 6.29. The number of hydrogen-bond donors (Lipinski definition) is 2. The fourth-order valence-electron chi connectivity index (χ4n) is 4.34. The second-order valence-corrected chi connectivity index (χ2v) is 8.59. The number of hydrogen-bond acceptors (Lipinski definition) is 5. The smallest absolute Gasteiger partial charge is 0.414 e. The van der Waals surface area contributed by atoms with E-state index in [4.69, 9.17) is 19.8 Å². The molecule has 1 amide bonds. The Morgan fingerprint density at radius 3 is 1.86 bits per heavy atom. The number of rotatable bonds is 8. The summed E-state index contributed by atoms with van der Waals surface area (Å²) >= 11 is 0. The minimum Gasteiger partial charge on any atom is -0.473 e. The first kappa shape index (κ1) is 27.7. The van der Waals surface area contributed by atoms with Crippen LogP contribution in [0.2, 0.25) is 0 Å². The molecule has 8 nitrogen and oxygen atoms in total. The lowest BCUT2D eigenvalue weighted by Crippen LogP contribution is -2.61. The van der Waals surface area contributed by atoms with E-state index >= 15 is 0 Å². The molecule has 188 valence electrons. The summed E-state index contributed by atoms with van der Waals surface area (Å²) in [5.41, 5.74) is 1.43. The maximum absolute atomic E-state index is 13.1. The van der Waals surface area contributed by atoms with Crippen molar-refractivity contribution in [3.63, 3.8) is 0 Å². The van der Waals surface area contributed by atoms with Gasteiger partial charge in [-0.2, -0.15) is 0 Å². The van der Waals surface area contributed by atoms with Crippen molar-refractivity contribution in [3.8, 4) is 0 Å². The molecule has 0 radical (unpaired) electrons. The van der Waals surface area contributed by atoms with E-state index in [0.717, 1.165) is 38.2 Å². The van der Waals surface area contributed by atoms with Gasteiger partial charge in [-0.25, -0.2) is 9.59 Å². The second-order valence-electron chi connectivity index (χ2n) is 8.59. The first-order valence-corrected chi connectivity index (χ1v) is 11.8. The highest BCUT2D eigenvalue weighted by atomic mass is 16.4. The van der Waals surface area contributed by atoms with Crippen LogP contribution >= 0.6 is 0 Å². The van der Waals surface area contributed by atoms with E-state index in [1.807, 2.05) is 48.2 Å². The molecule has 1 aliphatic heterocycles. The van der Waals surface area contributed by atoms with Crippen LogP contribution < -0.4 is 4.90 Å². The van der Waals surface area contributed by atoms with Crippen LogP contribution in [0.15, 0.2) is 60.7 Å². The molecule has 0 aliphatic carbocycles. The molecular weight excluding hydrogens is 448 g/mol. The fourth-order valence-corrected chi connectivity index (χ4v) is 4.34. The van der Waals surface area contributed by atoms with Crippen LogP contribution in [0.1, 0.15) is 45.1 Å². The molecule has 2 N–H and O–H groups in total. The summed E-state index contributed by atoms with van der Waals surface area (Å²) in [5.74, 6) is -3.51. The number of likely N-dealkylation sites (tertiary alicyclic amines) is 1. The largest absolute Gasteiger partial charge is 0.473 e. The zero-order valence-corrected chi connectivity index (χ0v) is 20.4. The fraction of sp³-hybridized carbons (Fsp3) is 0.407. The van der Waals surface area contributed by atoms with Crippen molar-refractivity contribution in [1.29, 1.82) is 0 Å². The number of amides is 1. The Bertz CT molecular complexity index is 973. The van der Waals surface area contributed by atoms with Crippen LogP contribution in [-0.4, -0.2) is 63.9 Å². The van der Waals surface area contributed by atoms with Gasteiger partial charge in [0.15, 0.2) is 5.78 Å². The van der Waals surface area contributed by atoms with Crippen molar-refractivity contribution in [3.05, 3.63) is 66.2 Å². The molecule has 0 atom stereocenters. The van der Waals surface area contributed by atoms with Crippen molar-refractivity contribution < 1.29 is 29.4 Å². The number of carbonyl (C=O) groups excluding carboxylic acids is 2. The molecule has 2 aromatic carbocycles. The van der Waals surface area contributed by atoms with E-state index in [0.29, 0.717) is 19.3 Å². The Morgan fingerprint density at radius 1 is 0.886 bits per heavy atom. The number of aliphatic carboxylic acids is 2. The molecule has 0 saturated carbocycles. The van der Waals surface area contributed by atoms with E-state index in [1.54, 1.807) is 6.92 Å². The molecule has 8 heteroatoms. The van der Waals surface area contributed by atoms with Crippen LogP contribution in [-0.2, 0) is 25.6 Å². The molecular formula is C27H34N2O6. The lowest BCUT2D eigenvalue weighted by Gasteiger charge is -2.47. The number of ketones is 1. The maximum atomic E-state index is 13.1. The summed E-state index contributed by atoms with van der Waals surface area (Å²) in [6, 6.07) is 20.2. The van der Waals surface area contributed by atoms with Gasteiger partial charge in [-0.05, 0) is 50.3 Å². The highest BCUT2D eigenvalue weighted by Crippen LogP contribution is 2.35. The minimum absolute atomic E-state index is 0.0478. The van der Waals surface area contributed by atoms with E-state index < -0.39 is 17.5 Å². The summed E-state index contributed by atoms with van der Waals surface area (Å²) in [7, 11) is 0. The maximum Gasteiger partial charge on any atom is 0.414 e. The number of para-hydroxylation sites is 1. The van der Waals surface area contributed by atoms with Gasteiger partial charge in [-0.3, -0.25) is 14.5 Å². The van der Waals surface area contributed by atoms with E-state index in [-0.39, 0.29) is 11.7 Å². The highest BCUT2D eigenvalue weighted by Gasteiger charge is 2.46. The summed E-state index contributed by atoms with van der Waals surface area (Å²) in [4.78, 5) is 48.5. The summed E-state index contributed by atoms with van der Waals surface area (Å²) in [6.07, 6.45) is 3.61. The number of carboxylic acids is 2. The number of piperidine rings is 1. The molecule has 0 spiro atoms. The predicted octanol–water partition coefficient (Wildman–Crippen LogP) is 3.64. The molecule has 3 rings (SSSR count). The SMILES string of the molecule is CCCC(=O)N(c1ccccc1)C1(C(C)=O)CCN(CCc2ccccc2)CC1.O=C(O)C(=O)O. The molecule has 1 heterocycles. The highest BCUT2D eigenvalue weighted by molar-refractivity contribution is 6.27. The third-order valence-corrected chi connectivity index (χ3v) is 6.24. The molecule has 1 fully saturated rings. The van der Waals surface area contributed by atoms with Gasteiger partial charge < -0.3 is 15.1 Å². The van der Waals surface area contributed by atoms with Crippen molar-refractivity contribution in [1.82, 2.24) is 4.90 Å². The summed E-state index contributed by atoms with van der Waals surface area (Å²) < 4.78 is 0. The zero-order valence-electron chi connectivity index (χ0n) is 20.4. The van der Waals surface area contributed by atoms with Crippen LogP contribution in [0.3, 0.4) is 0 Å². The van der Waals surface area contributed by atoms with Crippen LogP contribution in [0.5, 0.6) is 0 Å². The van der Waals surface area contributed by atoms with Crippen molar-refractivity contribution >= 4 is 29.3 Å². The number of carbonyl (C=O) groups is 4. The Morgan fingerprint density at radius 2 is 1.40 bits per heavy atom. The first-order chi connectivity index (χ1) is 16.7. The molecule has 0 bridgehead atoms. The van der Waals surface area contributed by atoms with Crippen LogP contribution in [0.4, 0.5) is 5.69 Å². The van der Waals surface area contributed by atoms with Gasteiger partial charge in [0.1, 0.15) is 5.54 Å². The number of benzene rings is 2. The third-order valence-electron chi connectivity index (χ3n) is 6.24. The monoisotopic (exact) mass is 482 g/mol. The average molecular weight is 483 g/mol. The number of anilines is 1. The minimum atomic E-state index is -1.82. The molecule has 0 aromatic heterocycles. The van der Waals surface area contributed by atoms with Crippen molar-refractivity contribution in [2.75, 3.05) is 24.5 Å². The van der Waals surface area contributed by atoms with E-state index in [2.05, 4.69) is 29.2 Å². The standard InChI is InChI=1S/C25H32N2O2.C2H2O4/c1-3-10-24(29)27(23-13-8-5-9-14-23)25(21(2)28)16-19-26(20-17-25)18-15-22-11-6-4-7-12-22;3-1(4)2(5)6/h4-9,11-14H,3,10,15-20H2,1-2H3;(H,3,4)(H,5,6). The van der Waals surface area contributed by atoms with Crippen molar-refractivity contribution in [2.24, 2.45) is 0 Å². The van der Waals surface area contributed by atoms with Crippen LogP contribution in [0, 0.1) is 0 Å². The summed E-state index contributed by atoms with van der Waals surface area (Å²) in [5, 5.41) is 14.8. The first-order valence-electron chi connectivity index (χ1n) is 11.8. The lowest BCUT2D eigenvalue weighted by molar-refractivity contribution is -0.159. The number of Topliss-reactive ketones (excluding diaryl/α,β-unsaturated/α-hetero) is 1. The van der Waals surface area contributed by atoms with Gasteiger partial charge >= 0.3 is 11.9 Å². The number of nitrogens with zero attached hydrogens (tertiary/aromatic N) is 2. The third kappa shape index (κ3) is 7.75. The molecule has 35 heavy (non-hydrogen) atoms. The van der Waals surface area contributed by atoms with Gasteiger partial charge in [0.05, 0.1) is 0 Å². The molecule has 2 aromatic rings. The second kappa shape index (κ2) is 13.4. The normalized spacial score (nSPS) is 14.8. The number of carboxylic acid groups (broad SMARTS) is 2. The average Bonchev–Trinajstić information content (AvgIpc) is 2.85. The van der Waals surface area contributed by atoms with Gasteiger partial charge in [0.2, 0.25) is 5.91 Å². The Kier molecular flexibility index (Phi) is 10.6. The molecule has 1 aliphatic rings. The van der Waals surface area contributed by atoms with Gasteiger partial charge in [-0.1, -0.05) is 55.5 Å². The van der Waals surface area contributed by atoms with E-state index in [9.17, 15) is 9.59 Å². The Labute approximate surface area is 206 Å². The topological polar surface area (TPSA) is 115 Å². The quantitative estimate of drug-likeness (QED) is 0.552. The van der Waals surface area contributed by atoms with E-state index in [1.165, 1.54) is 5.56 Å². The lowest BCUT2D eigenvalue weighted by atomic mass is 9.81. The van der Waals surface area contributed by atoms with Gasteiger partial charge in [0.25, 0.3) is 0 Å². The Hall–Kier alpha value is -3.52. The van der Waals surface area contributed by atoms with Gasteiger partial charge in [-0.15, -0.1) is 0 Å². The predicted molar refractivity (Wildman–Crippen MR) is 133 cm³/mol. The molecule has 0 unspecified atom stereocenters. The van der Waals surface area contributed by atoms with Crippen molar-refractivity contribution in [2.45, 2.75) is 51.5 Å². The van der Waals surface area contributed by atoms with Crippen LogP contribution in [0.25, 0.3) is 0 Å².